The fraction of sp³-hybridized carbons (Fsp3) is 0.484. The number of carbonyl (C=O) groups excluding carboxylic acids is 2. The molecule has 43 heavy (non-hydrogen) atoms. The number of aliphatic hydroxyl groups is 1. The maximum Gasteiger partial charge on any atom is 0.405 e. The first-order chi connectivity index (χ1) is 19.8. The van der Waals surface area contributed by atoms with Gasteiger partial charge >= 0.3 is 6.09 Å². The summed E-state index contributed by atoms with van der Waals surface area (Å²) >= 11 is 0. The van der Waals surface area contributed by atoms with E-state index in [0.717, 1.165) is 0 Å². The topological polar surface area (TPSA) is 173 Å². The number of nitrogens with two attached hydrogens (primary N) is 1. The highest BCUT2D eigenvalue weighted by Crippen LogP contribution is 2.42. The number of amides is 2. The monoisotopic (exact) mass is 714 g/mol. The van der Waals surface area contributed by atoms with Crippen LogP contribution in [0.4, 0.5) is 16.2 Å². The molecule has 0 radical (unpaired) electrons. The van der Waals surface area contributed by atoms with E-state index in [2.05, 4.69) is 17.2 Å². The molecule has 2 rings (SSSR count). The summed E-state index contributed by atoms with van der Waals surface area (Å²) in [5.74, 6) is -1.41. The Labute approximate surface area is 270 Å². The highest BCUT2D eigenvalue weighted by Gasteiger charge is 2.30. The lowest BCUT2D eigenvalue weighted by atomic mass is 9.87. The molecule has 2 amide bonds. The third-order valence-corrected chi connectivity index (χ3v) is 7.25. The van der Waals surface area contributed by atoms with Gasteiger partial charge in [-0.25, -0.2) is 4.79 Å². The van der Waals surface area contributed by atoms with E-state index in [-0.39, 0.29) is 47.1 Å². The second-order valence-corrected chi connectivity index (χ2v) is 10.6. The molecule has 12 heteroatoms. The van der Waals surface area contributed by atoms with Gasteiger partial charge in [-0.2, -0.15) is 0 Å². The van der Waals surface area contributed by atoms with Crippen molar-refractivity contribution in [2.24, 2.45) is 17.6 Å². The lowest BCUT2D eigenvalue weighted by Crippen LogP contribution is -3.00. The van der Waals surface area contributed by atoms with Gasteiger partial charge in [0.2, 0.25) is 0 Å². The highest BCUT2D eigenvalue weighted by atomic mass is 127. The van der Waals surface area contributed by atoms with Crippen LogP contribution < -0.4 is 40.3 Å². The lowest BCUT2D eigenvalue weighted by Gasteiger charge is -2.29. The van der Waals surface area contributed by atoms with Gasteiger partial charge in [0, 0.05) is 43.9 Å². The van der Waals surface area contributed by atoms with Crippen molar-refractivity contribution in [2.45, 2.75) is 65.0 Å². The number of hydrogen-bond donors (Lipinski definition) is 6. The zero-order chi connectivity index (χ0) is 31.6. The fourth-order valence-corrected chi connectivity index (χ4v) is 4.98. The minimum absolute atomic E-state index is 0. The summed E-state index contributed by atoms with van der Waals surface area (Å²) in [4.78, 5) is 24.7. The summed E-state index contributed by atoms with van der Waals surface area (Å²) in [5.41, 5.74) is 7.01. The Morgan fingerprint density at radius 2 is 1.91 bits per heavy atom. The molecule has 1 aliphatic rings. The van der Waals surface area contributed by atoms with Gasteiger partial charge in [-0.15, -0.1) is 6.58 Å². The van der Waals surface area contributed by atoms with Gasteiger partial charge < -0.3 is 69.9 Å². The van der Waals surface area contributed by atoms with Crippen LogP contribution in [-0.2, 0) is 25.4 Å². The summed E-state index contributed by atoms with van der Waals surface area (Å²) in [6, 6.07) is 1.28. The van der Waals surface area contributed by atoms with Crippen molar-refractivity contribution in [3.05, 3.63) is 59.7 Å². The summed E-state index contributed by atoms with van der Waals surface area (Å²) in [6.45, 7) is 11.1. The third kappa shape index (κ3) is 10.6. The number of phenolic OH excluding ortho intramolecular Hbond substituents is 2. The maximum atomic E-state index is 13.0. The Bertz CT molecular complexity index is 1220. The van der Waals surface area contributed by atoms with E-state index < -0.39 is 42.3 Å². The van der Waals surface area contributed by atoms with Crippen molar-refractivity contribution in [1.29, 1.82) is 0 Å². The van der Waals surface area contributed by atoms with Crippen molar-refractivity contribution in [3.63, 3.8) is 0 Å². The van der Waals surface area contributed by atoms with E-state index >= 15 is 0 Å². The van der Waals surface area contributed by atoms with E-state index in [4.69, 9.17) is 19.9 Å². The molecule has 240 valence electrons. The number of aliphatic hydroxyl groups excluding tert-OH is 1. The molecule has 0 aliphatic carbocycles. The van der Waals surface area contributed by atoms with Gasteiger partial charge in [-0.1, -0.05) is 44.2 Å². The van der Waals surface area contributed by atoms with Crippen molar-refractivity contribution < 1.29 is 63.1 Å². The molecule has 0 saturated carbocycles. The van der Waals surface area contributed by atoms with Gasteiger partial charge in [-0.05, 0) is 38.2 Å². The van der Waals surface area contributed by atoms with Gasteiger partial charge in [-0.3, -0.25) is 4.79 Å². The standard InChI is InChI=1S/C31H45N3O8.HI/c1-8-12-33-26-21-13-17(2)14-25(41-7)27(36)19(4)15-20(5)29(42-31(32)39)24(40-6)11-9-10-18(3)30(38)34-22(28(21)37)16-23(26)35;/h8-11,15-17,19,24-25,27,29,33,35-37H,1,12-14H2,2-7H3,(H2,32,39)(H,34,38);1H/p-1/b11-9-,18-10+,20-15+;/t17-,19+,24+,25+,27-,29+;/m1./s1. The van der Waals surface area contributed by atoms with Crippen LogP contribution in [0.2, 0.25) is 0 Å². The molecule has 1 aromatic rings. The Balaban J connectivity index is 0.00000924. The van der Waals surface area contributed by atoms with Gasteiger partial charge in [0.05, 0.1) is 23.6 Å². The quantitative estimate of drug-likeness (QED) is 0.110. The van der Waals surface area contributed by atoms with Crippen LogP contribution >= 0.6 is 0 Å². The number of rotatable bonds is 6. The van der Waals surface area contributed by atoms with Crippen LogP contribution in [0.3, 0.4) is 0 Å². The second-order valence-electron chi connectivity index (χ2n) is 10.6. The zero-order valence-corrected chi connectivity index (χ0v) is 27.8. The predicted molar refractivity (Wildman–Crippen MR) is 162 cm³/mol. The first kappa shape index (κ1) is 38.0. The summed E-state index contributed by atoms with van der Waals surface area (Å²) < 4.78 is 16.6. The number of allylic oxidation sites excluding steroid dienone is 2. The smallest absolute Gasteiger partial charge is 0.405 e. The summed E-state index contributed by atoms with van der Waals surface area (Å²) in [6.07, 6.45) is 4.64. The number of fused-ring (bicyclic) bond motifs is 2. The fourth-order valence-electron chi connectivity index (χ4n) is 4.98. The molecule has 6 atom stereocenters. The Morgan fingerprint density at radius 3 is 2.49 bits per heavy atom. The molecule has 11 nitrogen and oxygen atoms in total. The van der Waals surface area contributed by atoms with Crippen LogP contribution in [0, 0.1) is 11.8 Å². The number of ether oxygens (including phenoxy) is 3. The molecule has 0 spiro atoms. The number of anilines is 2. The minimum atomic E-state index is -0.990. The number of hydrogen-bond acceptors (Lipinski definition) is 9. The number of nitrogens with one attached hydrogen (secondary N) is 2. The van der Waals surface area contributed by atoms with Gasteiger partial charge in [0.15, 0.2) is 6.10 Å². The Hall–Kier alpha value is -3.07. The molecule has 1 heterocycles. The number of phenols is 2. The van der Waals surface area contributed by atoms with E-state index in [1.807, 2.05) is 13.8 Å². The number of aromatic hydroxyl groups is 2. The van der Waals surface area contributed by atoms with Crippen molar-refractivity contribution in [3.8, 4) is 11.5 Å². The lowest BCUT2D eigenvalue weighted by molar-refractivity contribution is -0.112. The molecule has 0 aromatic heterocycles. The molecule has 1 aliphatic heterocycles. The molecule has 0 unspecified atom stereocenters. The van der Waals surface area contributed by atoms with E-state index in [1.165, 1.54) is 26.4 Å². The van der Waals surface area contributed by atoms with Crippen molar-refractivity contribution >= 4 is 23.4 Å². The first-order valence-corrected chi connectivity index (χ1v) is 13.8. The molecular weight excluding hydrogens is 669 g/mol. The number of carbonyl (C=O) groups is 2. The van der Waals surface area contributed by atoms with Crippen LogP contribution in [0.25, 0.3) is 0 Å². The molecule has 0 fully saturated rings. The van der Waals surface area contributed by atoms with Gasteiger partial charge in [0.1, 0.15) is 17.6 Å². The predicted octanol–water partition coefficient (Wildman–Crippen LogP) is 1.16. The number of benzene rings is 1. The third-order valence-electron chi connectivity index (χ3n) is 7.25. The van der Waals surface area contributed by atoms with E-state index in [1.54, 1.807) is 38.2 Å². The zero-order valence-electron chi connectivity index (χ0n) is 25.6. The molecular formula is C31H45IN3O8-. The van der Waals surface area contributed by atoms with Crippen LogP contribution in [0.5, 0.6) is 11.5 Å². The molecule has 7 N–H and O–H groups in total. The molecule has 0 saturated heterocycles. The largest absolute Gasteiger partial charge is 1.00 e. The number of primary amides is 1. The Kier molecular flexibility index (Phi) is 15.8. The average molecular weight is 715 g/mol. The molecule has 1 aromatic carbocycles. The maximum absolute atomic E-state index is 13.0. The first-order valence-electron chi connectivity index (χ1n) is 13.8. The van der Waals surface area contributed by atoms with Crippen LogP contribution in [0.1, 0.15) is 39.7 Å². The van der Waals surface area contributed by atoms with Crippen LogP contribution in [-0.4, -0.2) is 72.5 Å². The number of halogens is 1. The summed E-state index contributed by atoms with van der Waals surface area (Å²) in [7, 11) is 2.95. The summed E-state index contributed by atoms with van der Waals surface area (Å²) in [5, 5.41) is 39.1. The second kappa shape index (κ2) is 17.9. The van der Waals surface area contributed by atoms with Gasteiger partial charge in [0.25, 0.3) is 5.91 Å². The van der Waals surface area contributed by atoms with Crippen molar-refractivity contribution in [2.75, 3.05) is 31.4 Å². The average Bonchev–Trinajstić information content (AvgIpc) is 2.94. The highest BCUT2D eigenvalue weighted by molar-refractivity contribution is 6.04. The van der Waals surface area contributed by atoms with E-state index in [0.29, 0.717) is 41.8 Å². The molecule has 2 bridgehead atoms. The van der Waals surface area contributed by atoms with E-state index in [9.17, 15) is 24.9 Å². The van der Waals surface area contributed by atoms with Crippen LogP contribution in [0.15, 0.2) is 54.2 Å². The number of methoxy groups -OCH3 is 2. The SMILES string of the molecule is C=CCNc1c(O)cc2c(O)c1C[C@@H](C)C[C@H](OC)[C@H](O)[C@@H](C)/C=C(\C)[C@H](OC(N)=O)[C@@H](OC)/C=C\C=C(/C)C(=O)N2.[I-]. The van der Waals surface area contributed by atoms with Crippen molar-refractivity contribution in [1.82, 2.24) is 0 Å². The minimum Gasteiger partial charge on any atom is -1.00 e. The Morgan fingerprint density at radius 1 is 1.23 bits per heavy atom. The normalized spacial score (nSPS) is 28.6.